The van der Waals surface area contributed by atoms with E-state index < -0.39 is 6.55 Å². The zero-order valence-electron chi connectivity index (χ0n) is 16.4. The molecule has 1 aromatic carbocycles. The molecule has 0 aliphatic heterocycles. The number of fused-ring (bicyclic) bond motifs is 1. The van der Waals surface area contributed by atoms with Gasteiger partial charge >= 0.3 is 6.55 Å². The Morgan fingerprint density at radius 3 is 2.76 bits per heavy atom. The van der Waals surface area contributed by atoms with Crippen molar-refractivity contribution in [3.8, 4) is 5.88 Å². The Morgan fingerprint density at radius 2 is 2.14 bits per heavy atom. The van der Waals surface area contributed by atoms with Gasteiger partial charge in [-0.3, -0.25) is 4.79 Å². The van der Waals surface area contributed by atoms with Crippen molar-refractivity contribution in [2.45, 2.75) is 33.7 Å². The molecule has 0 radical (unpaired) electrons. The van der Waals surface area contributed by atoms with Crippen LogP contribution in [0.2, 0.25) is 0 Å². The number of nitrogens with zero attached hydrogens (tertiary/aromatic N) is 3. The molecule has 0 saturated heterocycles. The topological polar surface area (TPSA) is 95.3 Å². The first kappa shape index (κ1) is 20.5. The van der Waals surface area contributed by atoms with Crippen LogP contribution in [0, 0.1) is 5.92 Å². The van der Waals surface area contributed by atoms with Gasteiger partial charge in [0.25, 0.3) is 5.91 Å². The van der Waals surface area contributed by atoms with Crippen molar-refractivity contribution in [2.24, 2.45) is 10.9 Å². The van der Waals surface area contributed by atoms with Crippen molar-refractivity contribution in [3.63, 3.8) is 0 Å². The van der Waals surface area contributed by atoms with Gasteiger partial charge in [0.15, 0.2) is 5.88 Å². The summed E-state index contributed by atoms with van der Waals surface area (Å²) < 4.78 is 26.0. The van der Waals surface area contributed by atoms with E-state index in [9.17, 15) is 18.7 Å². The second-order valence-electron chi connectivity index (χ2n) is 7.08. The van der Waals surface area contributed by atoms with E-state index >= 15 is 0 Å². The number of carbonyl (C=O) groups excluding carboxylic acids is 1. The van der Waals surface area contributed by atoms with Crippen LogP contribution in [0.5, 0.6) is 5.88 Å². The molecule has 3 N–H and O–H groups in total. The van der Waals surface area contributed by atoms with Crippen LogP contribution in [0.15, 0.2) is 35.6 Å². The zero-order chi connectivity index (χ0) is 21.1. The lowest BCUT2D eigenvalue weighted by Gasteiger charge is -2.08. The number of carbonyl (C=O) groups is 1. The fourth-order valence-electron chi connectivity index (χ4n) is 2.97. The van der Waals surface area contributed by atoms with E-state index in [1.54, 1.807) is 18.2 Å². The maximum atomic E-state index is 12.7. The smallest absolute Gasteiger partial charge is 0.333 e. The van der Waals surface area contributed by atoms with Gasteiger partial charge in [0.2, 0.25) is 0 Å². The number of nitrogens with one attached hydrogen (secondary N) is 2. The average molecular weight is 403 g/mol. The first-order valence-corrected chi connectivity index (χ1v) is 9.33. The third kappa shape index (κ3) is 4.44. The summed E-state index contributed by atoms with van der Waals surface area (Å²) in [5.74, 6) is 0.0181. The molecule has 3 aromatic rings. The van der Waals surface area contributed by atoms with E-state index in [4.69, 9.17) is 0 Å². The number of halogens is 2. The van der Waals surface area contributed by atoms with Gasteiger partial charge in [0.1, 0.15) is 5.69 Å². The van der Waals surface area contributed by atoms with E-state index in [1.165, 1.54) is 6.20 Å². The molecule has 2 aromatic heterocycles. The van der Waals surface area contributed by atoms with Crippen LogP contribution in [0.1, 0.15) is 49.7 Å². The number of H-pyrrole nitrogens is 1. The number of aromatic amines is 1. The third-order valence-electron chi connectivity index (χ3n) is 4.39. The molecule has 0 bridgehead atoms. The van der Waals surface area contributed by atoms with Gasteiger partial charge in [-0.05, 0) is 30.5 Å². The van der Waals surface area contributed by atoms with Crippen LogP contribution >= 0.6 is 0 Å². The van der Waals surface area contributed by atoms with E-state index in [0.29, 0.717) is 51.3 Å². The van der Waals surface area contributed by atoms with Crippen molar-refractivity contribution < 1.29 is 18.7 Å². The Hall–Kier alpha value is -3.23. The van der Waals surface area contributed by atoms with Crippen molar-refractivity contribution in [1.82, 2.24) is 20.1 Å². The molecule has 3 rings (SSSR count). The Labute approximate surface area is 166 Å². The van der Waals surface area contributed by atoms with E-state index in [2.05, 4.69) is 20.4 Å². The van der Waals surface area contributed by atoms with Crippen LogP contribution in [-0.2, 0) is 0 Å². The van der Waals surface area contributed by atoms with E-state index in [1.807, 2.05) is 20.8 Å². The number of aromatic hydroxyl groups is 1. The summed E-state index contributed by atoms with van der Waals surface area (Å²) in [5.41, 5.74) is 2.27. The van der Waals surface area contributed by atoms with Gasteiger partial charge in [0, 0.05) is 23.0 Å². The molecule has 0 fully saturated rings. The van der Waals surface area contributed by atoms with Gasteiger partial charge < -0.3 is 15.4 Å². The number of hydrogen-bond acceptors (Lipinski definition) is 4. The quantitative estimate of drug-likeness (QED) is 0.511. The SMILES string of the molecule is CCC(=Nc1cnn(C(F)F)c1)c1c(O)[nH]c2ccc(C(=O)NCC(C)C)cc12. The summed E-state index contributed by atoms with van der Waals surface area (Å²) >= 11 is 0. The molecule has 29 heavy (non-hydrogen) atoms. The molecule has 2 heterocycles. The lowest BCUT2D eigenvalue weighted by atomic mass is 10.0. The van der Waals surface area contributed by atoms with Crippen LogP contribution in [0.4, 0.5) is 14.5 Å². The molecule has 0 spiro atoms. The Bertz CT molecular complexity index is 1050. The second kappa shape index (κ2) is 8.42. The minimum absolute atomic E-state index is 0.0958. The number of benzene rings is 1. The normalized spacial score (nSPS) is 12.3. The molecule has 0 atom stereocenters. The summed E-state index contributed by atoms with van der Waals surface area (Å²) in [4.78, 5) is 19.7. The minimum Gasteiger partial charge on any atom is -0.494 e. The first-order chi connectivity index (χ1) is 13.8. The number of aromatic nitrogens is 3. The lowest BCUT2D eigenvalue weighted by Crippen LogP contribution is -2.27. The van der Waals surface area contributed by atoms with Crippen LogP contribution < -0.4 is 5.32 Å². The molecule has 0 saturated carbocycles. The Kier molecular flexibility index (Phi) is 5.95. The summed E-state index contributed by atoms with van der Waals surface area (Å²) in [6, 6.07) is 5.07. The van der Waals surface area contributed by atoms with Gasteiger partial charge in [0.05, 0.1) is 23.7 Å². The predicted octanol–water partition coefficient (Wildman–Crippen LogP) is 4.38. The monoisotopic (exact) mass is 403 g/mol. The highest BCUT2D eigenvalue weighted by Crippen LogP contribution is 2.31. The number of amides is 1. The van der Waals surface area contributed by atoms with Crippen molar-refractivity contribution in [1.29, 1.82) is 0 Å². The fourth-order valence-corrected chi connectivity index (χ4v) is 2.97. The summed E-state index contributed by atoms with van der Waals surface area (Å²) in [5, 5.41) is 17.5. The van der Waals surface area contributed by atoms with E-state index in [-0.39, 0.29) is 17.5 Å². The minimum atomic E-state index is -2.75. The maximum absolute atomic E-state index is 12.7. The molecule has 1 amide bonds. The van der Waals surface area contributed by atoms with Crippen LogP contribution in [0.25, 0.3) is 10.9 Å². The largest absolute Gasteiger partial charge is 0.494 e. The lowest BCUT2D eigenvalue weighted by molar-refractivity contribution is 0.0566. The molecule has 7 nitrogen and oxygen atoms in total. The number of rotatable bonds is 7. The highest BCUT2D eigenvalue weighted by Gasteiger charge is 2.18. The highest BCUT2D eigenvalue weighted by molar-refractivity contribution is 6.14. The standard InChI is InChI=1S/C20H23F2N5O2/c1-4-15(25-13-9-24-27(10-13)20(21)22)17-14-7-12(18(28)23-8-11(2)3)5-6-16(14)26-19(17)29/h5-7,9-11,20,26,29H,4,8H2,1-3H3,(H,23,28). The maximum Gasteiger partial charge on any atom is 0.333 e. The second-order valence-corrected chi connectivity index (χ2v) is 7.08. The Morgan fingerprint density at radius 1 is 1.38 bits per heavy atom. The van der Waals surface area contributed by atoms with Crippen molar-refractivity contribution >= 4 is 28.2 Å². The fraction of sp³-hybridized carbons (Fsp3) is 0.350. The summed E-state index contributed by atoms with van der Waals surface area (Å²) in [6.07, 6.45) is 2.81. The van der Waals surface area contributed by atoms with Crippen LogP contribution in [-0.4, -0.2) is 38.0 Å². The van der Waals surface area contributed by atoms with Crippen molar-refractivity contribution in [2.75, 3.05) is 6.54 Å². The molecule has 0 aliphatic carbocycles. The molecular weight excluding hydrogens is 380 g/mol. The van der Waals surface area contributed by atoms with Crippen LogP contribution in [0.3, 0.4) is 0 Å². The first-order valence-electron chi connectivity index (χ1n) is 9.33. The van der Waals surface area contributed by atoms with Crippen molar-refractivity contribution in [3.05, 3.63) is 41.7 Å². The number of aliphatic imine (C=N–C) groups is 1. The number of alkyl halides is 2. The average Bonchev–Trinajstić information content (AvgIpc) is 3.27. The Balaban J connectivity index is 2.02. The number of hydrogen-bond donors (Lipinski definition) is 3. The molecule has 0 aliphatic rings. The molecule has 0 unspecified atom stereocenters. The molecular formula is C20H23F2N5O2. The highest BCUT2D eigenvalue weighted by atomic mass is 19.3. The molecule has 9 heteroatoms. The van der Waals surface area contributed by atoms with Gasteiger partial charge in [-0.1, -0.05) is 20.8 Å². The summed E-state index contributed by atoms with van der Waals surface area (Å²) in [7, 11) is 0. The van der Waals surface area contributed by atoms with Gasteiger partial charge in [-0.2, -0.15) is 13.9 Å². The van der Waals surface area contributed by atoms with Gasteiger partial charge in [-0.25, -0.2) is 9.67 Å². The zero-order valence-corrected chi connectivity index (χ0v) is 16.4. The third-order valence-corrected chi connectivity index (χ3v) is 4.39. The summed E-state index contributed by atoms with van der Waals surface area (Å²) in [6.45, 7) is 3.65. The van der Waals surface area contributed by atoms with Gasteiger partial charge in [-0.15, -0.1) is 0 Å². The molecule has 154 valence electrons. The predicted molar refractivity (Wildman–Crippen MR) is 107 cm³/mol. The van der Waals surface area contributed by atoms with E-state index in [0.717, 1.165) is 6.20 Å².